The van der Waals surface area contributed by atoms with Gasteiger partial charge in [-0.2, -0.15) is 0 Å². The van der Waals surface area contributed by atoms with Crippen molar-refractivity contribution in [2.45, 2.75) is 58.2 Å². The minimum atomic E-state index is -3.62. The number of hydrogen-bond acceptors (Lipinski definition) is 5. The summed E-state index contributed by atoms with van der Waals surface area (Å²) in [4.78, 5) is 29.3. The first kappa shape index (κ1) is 33.1. The molecule has 3 aromatic carbocycles. The van der Waals surface area contributed by atoms with Gasteiger partial charge in [0.25, 0.3) is 0 Å². The summed E-state index contributed by atoms with van der Waals surface area (Å²) in [5.74, 6) is 0.0499. The van der Waals surface area contributed by atoms with Crippen LogP contribution in [-0.2, 0) is 32.6 Å². The maximum atomic E-state index is 13.9. The Labute approximate surface area is 258 Å². The van der Waals surface area contributed by atoms with Gasteiger partial charge in [-0.3, -0.25) is 13.9 Å². The van der Waals surface area contributed by atoms with E-state index in [4.69, 9.17) is 4.74 Å². The number of amides is 2. The van der Waals surface area contributed by atoms with Gasteiger partial charge in [0.1, 0.15) is 11.8 Å². The molecular weight excluding hydrogens is 618 g/mol. The Balaban J connectivity index is 1.91. The largest absolute Gasteiger partial charge is 0.497 e. The smallest absolute Gasteiger partial charge is 0.243 e. The molecule has 0 saturated carbocycles. The minimum Gasteiger partial charge on any atom is -0.497 e. The van der Waals surface area contributed by atoms with Crippen molar-refractivity contribution in [3.63, 3.8) is 0 Å². The summed E-state index contributed by atoms with van der Waals surface area (Å²) >= 11 is 3.50. The average molecular weight is 659 g/mol. The third-order valence-corrected chi connectivity index (χ3v) is 8.19. The van der Waals surface area contributed by atoms with Crippen LogP contribution in [0, 0.1) is 0 Å². The zero-order valence-electron chi connectivity index (χ0n) is 24.8. The molecule has 0 bridgehead atoms. The second-order valence-electron chi connectivity index (χ2n) is 11.2. The molecule has 0 heterocycles. The van der Waals surface area contributed by atoms with Crippen LogP contribution in [0.15, 0.2) is 83.3 Å². The van der Waals surface area contributed by atoms with Gasteiger partial charge in [-0.15, -0.1) is 0 Å². The first-order valence-electron chi connectivity index (χ1n) is 13.8. The Hall–Kier alpha value is -3.37. The van der Waals surface area contributed by atoms with E-state index < -0.39 is 21.6 Å². The van der Waals surface area contributed by atoms with Gasteiger partial charge in [0.05, 0.1) is 19.1 Å². The summed E-state index contributed by atoms with van der Waals surface area (Å²) in [5.41, 5.74) is 1.76. The van der Waals surface area contributed by atoms with E-state index in [1.54, 1.807) is 29.2 Å². The van der Waals surface area contributed by atoms with E-state index in [1.807, 2.05) is 75.4 Å². The van der Waals surface area contributed by atoms with Gasteiger partial charge in [0, 0.05) is 42.0 Å². The third kappa shape index (κ3) is 10.2. The van der Waals surface area contributed by atoms with E-state index in [9.17, 15) is 18.0 Å². The molecule has 0 aliphatic rings. The van der Waals surface area contributed by atoms with Gasteiger partial charge in [-0.1, -0.05) is 64.5 Å². The lowest BCUT2D eigenvalue weighted by Gasteiger charge is -2.34. The Morgan fingerprint density at radius 2 is 1.62 bits per heavy atom. The molecule has 2 amide bonds. The highest BCUT2D eigenvalue weighted by molar-refractivity contribution is 9.10. The summed E-state index contributed by atoms with van der Waals surface area (Å²) in [6.45, 7) is 6.04. The van der Waals surface area contributed by atoms with Gasteiger partial charge >= 0.3 is 0 Å². The predicted molar refractivity (Wildman–Crippen MR) is 171 cm³/mol. The second kappa shape index (κ2) is 14.7. The van der Waals surface area contributed by atoms with Crippen molar-refractivity contribution >= 4 is 43.5 Å². The van der Waals surface area contributed by atoms with Crippen LogP contribution in [-0.4, -0.2) is 56.6 Å². The number of ether oxygens (including phenoxy) is 1. The van der Waals surface area contributed by atoms with E-state index in [-0.39, 0.29) is 37.7 Å². The number of nitrogens with one attached hydrogen (secondary N) is 1. The number of carbonyl (C=O) groups excluding carboxylic acids is 2. The number of hydrogen-bond donors (Lipinski definition) is 1. The zero-order chi connectivity index (χ0) is 30.9. The maximum absolute atomic E-state index is 13.9. The summed E-state index contributed by atoms with van der Waals surface area (Å²) in [6, 6.07) is 23.3. The monoisotopic (exact) mass is 657 g/mol. The van der Waals surface area contributed by atoms with Crippen molar-refractivity contribution < 1.29 is 22.7 Å². The maximum Gasteiger partial charge on any atom is 0.243 e. The standard InChI is InChI=1S/C32H40BrN3O5S/c1-32(2,3)34-31(38)29(21-24-12-7-6-8-13-24)35(23-25-14-9-15-26(33)20-25)30(37)18-11-19-36(42(5,39)40)27-16-10-17-28(22-27)41-4/h6-10,12-17,20,22,29H,11,18-19,21,23H2,1-5H3,(H,34,38)/t29-/m1/s1. The number of nitrogens with zero attached hydrogens (tertiary/aromatic N) is 2. The predicted octanol–water partition coefficient (Wildman–Crippen LogP) is 5.56. The van der Waals surface area contributed by atoms with E-state index in [1.165, 1.54) is 11.4 Å². The topological polar surface area (TPSA) is 96.0 Å². The number of rotatable bonds is 13. The molecule has 3 aromatic rings. The minimum absolute atomic E-state index is 0.0537. The van der Waals surface area contributed by atoms with Crippen molar-refractivity contribution in [3.8, 4) is 5.75 Å². The number of anilines is 1. The first-order chi connectivity index (χ1) is 19.8. The molecule has 0 aromatic heterocycles. The Morgan fingerprint density at radius 1 is 0.952 bits per heavy atom. The molecule has 0 radical (unpaired) electrons. The fraction of sp³-hybridized carbons (Fsp3) is 0.375. The highest BCUT2D eigenvalue weighted by atomic mass is 79.9. The van der Waals surface area contributed by atoms with E-state index in [0.717, 1.165) is 21.9 Å². The van der Waals surface area contributed by atoms with Crippen LogP contribution in [0.2, 0.25) is 0 Å². The number of benzene rings is 3. The molecule has 10 heteroatoms. The molecule has 0 saturated heterocycles. The molecule has 1 N–H and O–H groups in total. The molecule has 0 aliphatic heterocycles. The zero-order valence-corrected chi connectivity index (χ0v) is 27.2. The molecule has 8 nitrogen and oxygen atoms in total. The third-order valence-electron chi connectivity index (χ3n) is 6.50. The van der Waals surface area contributed by atoms with Crippen LogP contribution in [0.4, 0.5) is 5.69 Å². The van der Waals surface area contributed by atoms with Crippen molar-refractivity contribution in [1.29, 1.82) is 0 Å². The first-order valence-corrected chi connectivity index (χ1v) is 16.4. The number of halogens is 1. The van der Waals surface area contributed by atoms with E-state index in [0.29, 0.717) is 17.9 Å². The van der Waals surface area contributed by atoms with E-state index >= 15 is 0 Å². The average Bonchev–Trinajstić information content (AvgIpc) is 2.92. The summed E-state index contributed by atoms with van der Waals surface area (Å²) in [6.07, 6.45) is 1.79. The van der Waals surface area contributed by atoms with Crippen molar-refractivity contribution in [1.82, 2.24) is 10.2 Å². The van der Waals surface area contributed by atoms with Crippen LogP contribution < -0.4 is 14.4 Å². The summed E-state index contributed by atoms with van der Waals surface area (Å²) < 4.78 is 32.8. The molecule has 0 aliphatic carbocycles. The number of methoxy groups -OCH3 is 1. The SMILES string of the molecule is COc1cccc(N(CCCC(=O)N(Cc2cccc(Br)c2)[C@H](Cc2ccccc2)C(=O)NC(C)(C)C)S(C)(=O)=O)c1. The lowest BCUT2D eigenvalue weighted by Crippen LogP contribution is -2.54. The van der Waals surface area contributed by atoms with Crippen LogP contribution in [0.5, 0.6) is 5.75 Å². The normalized spacial score (nSPS) is 12.3. The van der Waals surface area contributed by atoms with Crippen molar-refractivity contribution in [3.05, 3.63) is 94.5 Å². The fourth-order valence-corrected chi connectivity index (χ4v) is 6.01. The van der Waals surface area contributed by atoms with Crippen molar-refractivity contribution in [2.24, 2.45) is 0 Å². The molecule has 42 heavy (non-hydrogen) atoms. The lowest BCUT2D eigenvalue weighted by molar-refractivity contribution is -0.142. The van der Waals surface area contributed by atoms with Gasteiger partial charge < -0.3 is 15.0 Å². The Bertz CT molecular complexity index is 1460. The molecule has 3 rings (SSSR count). The van der Waals surface area contributed by atoms with Crippen molar-refractivity contribution in [2.75, 3.05) is 24.2 Å². The summed E-state index contributed by atoms with van der Waals surface area (Å²) in [5, 5.41) is 3.06. The molecular formula is C32H40BrN3O5S. The second-order valence-corrected chi connectivity index (χ2v) is 14.1. The van der Waals surface area contributed by atoms with Gasteiger partial charge in [0.15, 0.2) is 0 Å². The summed E-state index contributed by atoms with van der Waals surface area (Å²) in [7, 11) is -2.10. The molecule has 0 unspecified atom stereocenters. The van der Waals surface area contributed by atoms with Crippen LogP contribution >= 0.6 is 15.9 Å². The van der Waals surface area contributed by atoms with Crippen LogP contribution in [0.25, 0.3) is 0 Å². The molecule has 226 valence electrons. The Kier molecular flexibility index (Phi) is 11.6. The highest BCUT2D eigenvalue weighted by Crippen LogP contribution is 2.24. The van der Waals surface area contributed by atoms with Crippen LogP contribution in [0.3, 0.4) is 0 Å². The Morgan fingerprint density at radius 3 is 2.24 bits per heavy atom. The lowest BCUT2D eigenvalue weighted by atomic mass is 10.00. The molecule has 0 spiro atoms. The van der Waals surface area contributed by atoms with Gasteiger partial charge in [0.2, 0.25) is 21.8 Å². The number of sulfonamides is 1. The molecule has 0 fully saturated rings. The molecule has 1 atom stereocenters. The van der Waals surface area contributed by atoms with Crippen LogP contribution in [0.1, 0.15) is 44.7 Å². The highest BCUT2D eigenvalue weighted by Gasteiger charge is 2.32. The fourth-order valence-electron chi connectivity index (χ4n) is 4.61. The van der Waals surface area contributed by atoms with Gasteiger partial charge in [-0.25, -0.2) is 8.42 Å². The van der Waals surface area contributed by atoms with E-state index in [2.05, 4.69) is 21.2 Å². The van der Waals surface area contributed by atoms with Gasteiger partial charge in [-0.05, 0) is 62.6 Å². The number of carbonyl (C=O) groups is 2. The quantitative estimate of drug-likeness (QED) is 0.260.